The van der Waals surface area contributed by atoms with Crippen molar-refractivity contribution in [2.45, 2.75) is 78.3 Å². The quantitative estimate of drug-likeness (QED) is 0.541. The minimum atomic E-state index is -0.410. The number of carbonyl (C=O) groups is 2. The highest BCUT2D eigenvalue weighted by Gasteiger charge is 2.42. The molecule has 0 saturated carbocycles. The van der Waals surface area contributed by atoms with Crippen molar-refractivity contribution in [3.8, 4) is 0 Å². The van der Waals surface area contributed by atoms with E-state index in [0.717, 1.165) is 44.5 Å². The molecule has 6 heteroatoms. The molecule has 0 radical (unpaired) electrons. The van der Waals surface area contributed by atoms with E-state index in [1.54, 1.807) is 11.8 Å². The second kappa shape index (κ2) is 12.5. The lowest BCUT2D eigenvalue weighted by molar-refractivity contribution is -0.125. The van der Waals surface area contributed by atoms with Gasteiger partial charge in [-0.15, -0.1) is 11.8 Å². The van der Waals surface area contributed by atoms with Gasteiger partial charge in [-0.25, -0.2) is 0 Å². The van der Waals surface area contributed by atoms with Crippen LogP contribution in [0.4, 0.5) is 0 Å². The first-order valence-corrected chi connectivity index (χ1v) is 12.8. The maximum atomic E-state index is 13.4. The van der Waals surface area contributed by atoms with Gasteiger partial charge in [0.05, 0.1) is 5.37 Å². The molecule has 0 aliphatic carbocycles. The van der Waals surface area contributed by atoms with Gasteiger partial charge in [-0.1, -0.05) is 45.4 Å². The van der Waals surface area contributed by atoms with Gasteiger partial charge in [-0.2, -0.15) is 0 Å². The number of rotatable bonds is 11. The van der Waals surface area contributed by atoms with Crippen LogP contribution in [-0.4, -0.2) is 64.5 Å². The third kappa shape index (κ3) is 7.53. The summed E-state index contributed by atoms with van der Waals surface area (Å²) in [6, 6.07) is 7.37. The van der Waals surface area contributed by atoms with Gasteiger partial charge in [-0.05, 0) is 70.8 Å². The van der Waals surface area contributed by atoms with Crippen LogP contribution < -0.4 is 5.32 Å². The largest absolute Gasteiger partial charge is 0.352 e. The summed E-state index contributed by atoms with van der Waals surface area (Å²) in [6.45, 7) is 15.9. The van der Waals surface area contributed by atoms with Crippen LogP contribution in [0.3, 0.4) is 0 Å². The van der Waals surface area contributed by atoms with Gasteiger partial charge in [0.25, 0.3) is 5.91 Å². The third-order valence-corrected chi connectivity index (χ3v) is 7.27. The number of nitrogens with one attached hydrogen (secondary N) is 1. The Balaban J connectivity index is 2.06. The molecule has 1 aliphatic heterocycles. The molecule has 5 nitrogen and oxygen atoms in total. The molecule has 1 N–H and O–H groups in total. The van der Waals surface area contributed by atoms with Gasteiger partial charge >= 0.3 is 0 Å². The number of amides is 2. The Kier molecular flexibility index (Phi) is 10.4. The van der Waals surface area contributed by atoms with E-state index in [-0.39, 0.29) is 23.2 Å². The topological polar surface area (TPSA) is 52.7 Å². The highest BCUT2D eigenvalue weighted by Crippen LogP contribution is 2.35. The summed E-state index contributed by atoms with van der Waals surface area (Å²) in [6.07, 6.45) is 2.90. The summed E-state index contributed by atoms with van der Waals surface area (Å²) < 4.78 is 0. The molecule has 1 heterocycles. The summed E-state index contributed by atoms with van der Waals surface area (Å²) >= 11 is 1.73. The Hall–Kier alpha value is -1.53. The predicted octanol–water partition coefficient (Wildman–Crippen LogP) is 4.55. The molecule has 1 aliphatic rings. The Labute approximate surface area is 193 Å². The first kappa shape index (κ1) is 25.7. The minimum Gasteiger partial charge on any atom is -0.352 e. The molecule has 1 aromatic carbocycles. The molecule has 2 amide bonds. The first-order valence-electron chi connectivity index (χ1n) is 11.8. The SMILES string of the molecule is CCN(CC)CCCC(C)NC(=O)C1CSC(CC(C)C)N1C(=O)c1cccc(C)c1. The molecule has 31 heavy (non-hydrogen) atoms. The standard InChI is InChI=1S/C25H41N3O2S/c1-7-27(8-2)14-10-12-20(6)26-24(29)22-17-31-23(15-18(3)4)28(22)25(30)21-13-9-11-19(5)16-21/h9,11,13,16,18,20,22-23H,7-8,10,12,14-15,17H2,1-6H3,(H,26,29). The van der Waals surface area contributed by atoms with Crippen molar-refractivity contribution in [3.63, 3.8) is 0 Å². The summed E-state index contributed by atoms with van der Waals surface area (Å²) in [5.74, 6) is 1.07. The fourth-order valence-electron chi connectivity index (χ4n) is 4.12. The van der Waals surface area contributed by atoms with E-state index in [9.17, 15) is 9.59 Å². The number of aryl methyl sites for hydroxylation is 1. The van der Waals surface area contributed by atoms with Crippen LogP contribution in [0.1, 0.15) is 69.8 Å². The van der Waals surface area contributed by atoms with Gasteiger partial charge in [0.1, 0.15) is 6.04 Å². The molecule has 0 bridgehead atoms. The number of carbonyl (C=O) groups excluding carboxylic acids is 2. The van der Waals surface area contributed by atoms with Crippen molar-refractivity contribution >= 4 is 23.6 Å². The first-order chi connectivity index (χ1) is 14.8. The number of hydrogen-bond donors (Lipinski definition) is 1. The second-order valence-corrected chi connectivity index (χ2v) is 10.3. The van der Waals surface area contributed by atoms with Crippen LogP contribution in [0.5, 0.6) is 0 Å². The number of thioether (sulfide) groups is 1. The van der Waals surface area contributed by atoms with Crippen molar-refractivity contribution in [1.82, 2.24) is 15.1 Å². The van der Waals surface area contributed by atoms with Crippen LogP contribution >= 0.6 is 11.8 Å². The van der Waals surface area contributed by atoms with Gasteiger partial charge in [0.2, 0.25) is 5.91 Å². The fraction of sp³-hybridized carbons (Fsp3) is 0.680. The zero-order valence-corrected chi connectivity index (χ0v) is 21.0. The number of hydrogen-bond acceptors (Lipinski definition) is 4. The molecule has 1 fully saturated rings. The fourth-order valence-corrected chi connectivity index (χ4v) is 5.76. The summed E-state index contributed by atoms with van der Waals surface area (Å²) in [5.41, 5.74) is 1.72. The van der Waals surface area contributed by atoms with Crippen molar-refractivity contribution in [2.24, 2.45) is 5.92 Å². The van der Waals surface area contributed by atoms with Crippen molar-refractivity contribution in [1.29, 1.82) is 0 Å². The lowest BCUT2D eigenvalue weighted by atomic mass is 10.1. The molecule has 2 rings (SSSR count). The molecule has 3 unspecified atom stereocenters. The second-order valence-electron chi connectivity index (χ2n) is 9.09. The van der Waals surface area contributed by atoms with Crippen LogP contribution in [0.25, 0.3) is 0 Å². The van der Waals surface area contributed by atoms with E-state index in [1.165, 1.54) is 0 Å². The normalized spacial score (nSPS) is 19.8. The smallest absolute Gasteiger partial charge is 0.255 e. The Morgan fingerprint density at radius 3 is 2.55 bits per heavy atom. The highest BCUT2D eigenvalue weighted by molar-refractivity contribution is 8.00. The molecular weight excluding hydrogens is 406 g/mol. The Bertz CT molecular complexity index is 720. The van der Waals surface area contributed by atoms with E-state index in [4.69, 9.17) is 0 Å². The molecule has 174 valence electrons. The summed E-state index contributed by atoms with van der Waals surface area (Å²) in [5, 5.41) is 3.23. The van der Waals surface area contributed by atoms with Crippen LogP contribution in [0.2, 0.25) is 0 Å². The molecule has 1 saturated heterocycles. The lowest BCUT2D eigenvalue weighted by Crippen LogP contribution is -2.51. The van der Waals surface area contributed by atoms with Crippen molar-refractivity contribution in [3.05, 3.63) is 35.4 Å². The van der Waals surface area contributed by atoms with Crippen molar-refractivity contribution in [2.75, 3.05) is 25.4 Å². The highest BCUT2D eigenvalue weighted by atomic mass is 32.2. The lowest BCUT2D eigenvalue weighted by Gasteiger charge is -2.30. The van der Waals surface area contributed by atoms with Crippen LogP contribution in [-0.2, 0) is 4.79 Å². The van der Waals surface area contributed by atoms with Gasteiger partial charge < -0.3 is 15.1 Å². The van der Waals surface area contributed by atoms with E-state index >= 15 is 0 Å². The molecule has 1 aromatic rings. The Morgan fingerprint density at radius 1 is 1.23 bits per heavy atom. The van der Waals surface area contributed by atoms with Gasteiger partial charge in [0, 0.05) is 17.4 Å². The molecule has 3 atom stereocenters. The van der Waals surface area contributed by atoms with E-state index in [2.05, 4.69) is 44.8 Å². The summed E-state index contributed by atoms with van der Waals surface area (Å²) in [7, 11) is 0. The zero-order chi connectivity index (χ0) is 23.0. The molecule has 0 aromatic heterocycles. The minimum absolute atomic E-state index is 0.0184. The molecule has 0 spiro atoms. The number of benzene rings is 1. The van der Waals surface area contributed by atoms with E-state index in [0.29, 0.717) is 17.2 Å². The van der Waals surface area contributed by atoms with Crippen LogP contribution in [0, 0.1) is 12.8 Å². The zero-order valence-electron chi connectivity index (χ0n) is 20.2. The average molecular weight is 448 g/mol. The average Bonchev–Trinajstić information content (AvgIpc) is 3.13. The van der Waals surface area contributed by atoms with Gasteiger partial charge in [-0.3, -0.25) is 9.59 Å². The monoisotopic (exact) mass is 447 g/mol. The van der Waals surface area contributed by atoms with E-state index in [1.807, 2.05) is 36.1 Å². The predicted molar refractivity (Wildman–Crippen MR) is 131 cm³/mol. The van der Waals surface area contributed by atoms with Crippen molar-refractivity contribution < 1.29 is 9.59 Å². The summed E-state index contributed by atoms with van der Waals surface area (Å²) in [4.78, 5) is 30.9. The molecular formula is C25H41N3O2S. The number of nitrogens with zero attached hydrogens (tertiary/aromatic N) is 2. The Morgan fingerprint density at radius 2 is 1.94 bits per heavy atom. The third-order valence-electron chi connectivity index (χ3n) is 5.96. The van der Waals surface area contributed by atoms with Gasteiger partial charge in [0.15, 0.2) is 0 Å². The van der Waals surface area contributed by atoms with Crippen LogP contribution in [0.15, 0.2) is 24.3 Å². The van der Waals surface area contributed by atoms with E-state index < -0.39 is 6.04 Å². The maximum Gasteiger partial charge on any atom is 0.255 e. The maximum absolute atomic E-state index is 13.4.